The summed E-state index contributed by atoms with van der Waals surface area (Å²) in [7, 11) is 1.69. The normalized spacial score (nSPS) is 10.5. The lowest BCUT2D eigenvalue weighted by atomic mass is 10.1. The zero-order valence-corrected chi connectivity index (χ0v) is 9.25. The third-order valence-electron chi connectivity index (χ3n) is 2.11. The Morgan fingerprint density at radius 2 is 2.20 bits per heavy atom. The summed E-state index contributed by atoms with van der Waals surface area (Å²) in [5.41, 5.74) is 7.92. The van der Waals surface area contributed by atoms with Gasteiger partial charge in [0.05, 0.1) is 11.5 Å². The van der Waals surface area contributed by atoms with Crippen molar-refractivity contribution in [3.8, 4) is 10.4 Å². The average molecular weight is 220 g/mol. The van der Waals surface area contributed by atoms with Gasteiger partial charge in [-0.15, -0.1) is 0 Å². The lowest BCUT2D eigenvalue weighted by Crippen LogP contribution is -1.90. The summed E-state index contributed by atoms with van der Waals surface area (Å²) in [4.78, 5) is 5.13. The highest BCUT2D eigenvalue weighted by Gasteiger charge is 2.06. The molecule has 78 valence electrons. The van der Waals surface area contributed by atoms with Crippen molar-refractivity contribution >= 4 is 16.5 Å². The SMILES string of the molecule is COCc1ccccc1-c1cnc(N)s1. The molecule has 0 saturated heterocycles. The van der Waals surface area contributed by atoms with E-state index in [0.29, 0.717) is 11.7 Å². The van der Waals surface area contributed by atoms with Gasteiger partial charge < -0.3 is 10.5 Å². The zero-order chi connectivity index (χ0) is 10.7. The van der Waals surface area contributed by atoms with Gasteiger partial charge in [-0.2, -0.15) is 0 Å². The molecule has 2 aromatic rings. The number of nitrogens with zero attached hydrogens (tertiary/aromatic N) is 1. The van der Waals surface area contributed by atoms with Crippen LogP contribution in [0.5, 0.6) is 0 Å². The van der Waals surface area contributed by atoms with Gasteiger partial charge in [0.15, 0.2) is 5.13 Å². The monoisotopic (exact) mass is 220 g/mol. The fourth-order valence-electron chi connectivity index (χ4n) is 1.45. The first-order valence-electron chi connectivity index (χ1n) is 4.60. The molecule has 0 saturated carbocycles. The smallest absolute Gasteiger partial charge is 0.180 e. The van der Waals surface area contributed by atoms with Gasteiger partial charge in [-0.25, -0.2) is 4.98 Å². The van der Waals surface area contributed by atoms with E-state index in [4.69, 9.17) is 10.5 Å². The topological polar surface area (TPSA) is 48.1 Å². The van der Waals surface area contributed by atoms with Crippen molar-refractivity contribution in [3.05, 3.63) is 36.0 Å². The third kappa shape index (κ3) is 2.16. The van der Waals surface area contributed by atoms with Crippen molar-refractivity contribution in [1.29, 1.82) is 0 Å². The van der Waals surface area contributed by atoms with Gasteiger partial charge in [0.25, 0.3) is 0 Å². The molecule has 0 aliphatic rings. The molecule has 2 rings (SSSR count). The lowest BCUT2D eigenvalue weighted by Gasteiger charge is -2.05. The summed E-state index contributed by atoms with van der Waals surface area (Å²) in [6, 6.07) is 8.11. The van der Waals surface area contributed by atoms with Crippen LogP contribution < -0.4 is 5.73 Å². The maximum atomic E-state index is 5.62. The van der Waals surface area contributed by atoms with E-state index in [9.17, 15) is 0 Å². The summed E-state index contributed by atoms with van der Waals surface area (Å²) in [6.45, 7) is 0.605. The van der Waals surface area contributed by atoms with E-state index in [0.717, 1.165) is 16.0 Å². The molecule has 0 aliphatic heterocycles. The molecule has 0 unspecified atom stereocenters. The fourth-order valence-corrected chi connectivity index (χ4v) is 2.20. The molecule has 2 N–H and O–H groups in total. The Kier molecular flexibility index (Phi) is 2.99. The number of benzene rings is 1. The van der Waals surface area contributed by atoms with Crippen LogP contribution in [0.15, 0.2) is 30.5 Å². The van der Waals surface area contributed by atoms with E-state index in [1.807, 2.05) is 12.1 Å². The number of nitrogen functional groups attached to an aromatic ring is 1. The molecule has 0 bridgehead atoms. The third-order valence-corrected chi connectivity index (χ3v) is 2.97. The number of aromatic nitrogens is 1. The molecular weight excluding hydrogens is 208 g/mol. The van der Waals surface area contributed by atoms with Crippen molar-refractivity contribution in [2.45, 2.75) is 6.61 Å². The highest BCUT2D eigenvalue weighted by Crippen LogP contribution is 2.30. The number of nitrogens with two attached hydrogens (primary N) is 1. The van der Waals surface area contributed by atoms with E-state index >= 15 is 0 Å². The van der Waals surface area contributed by atoms with Gasteiger partial charge >= 0.3 is 0 Å². The van der Waals surface area contributed by atoms with Crippen LogP contribution >= 0.6 is 11.3 Å². The molecule has 0 spiro atoms. The van der Waals surface area contributed by atoms with Crippen LogP contribution in [0, 0.1) is 0 Å². The summed E-state index contributed by atoms with van der Waals surface area (Å²) in [5, 5.41) is 0.595. The zero-order valence-electron chi connectivity index (χ0n) is 8.43. The highest BCUT2D eigenvalue weighted by atomic mass is 32.1. The first kappa shape index (κ1) is 10.1. The van der Waals surface area contributed by atoms with Crippen LogP contribution in [-0.4, -0.2) is 12.1 Å². The van der Waals surface area contributed by atoms with E-state index < -0.39 is 0 Å². The Labute approximate surface area is 92.5 Å². The van der Waals surface area contributed by atoms with E-state index in [1.165, 1.54) is 11.3 Å². The number of rotatable bonds is 3. The molecule has 0 atom stereocenters. The minimum atomic E-state index is 0.595. The number of thiazole rings is 1. The van der Waals surface area contributed by atoms with Crippen molar-refractivity contribution in [2.24, 2.45) is 0 Å². The molecule has 15 heavy (non-hydrogen) atoms. The first-order chi connectivity index (χ1) is 7.31. The Bertz CT molecular complexity index is 453. The van der Waals surface area contributed by atoms with Crippen LogP contribution in [0.3, 0.4) is 0 Å². The van der Waals surface area contributed by atoms with Crippen LogP contribution in [0.25, 0.3) is 10.4 Å². The van der Waals surface area contributed by atoms with E-state index in [-0.39, 0.29) is 0 Å². The van der Waals surface area contributed by atoms with Crippen molar-refractivity contribution in [2.75, 3.05) is 12.8 Å². The van der Waals surface area contributed by atoms with Crippen LogP contribution in [-0.2, 0) is 11.3 Å². The highest BCUT2D eigenvalue weighted by molar-refractivity contribution is 7.18. The molecule has 1 aromatic carbocycles. The minimum Gasteiger partial charge on any atom is -0.380 e. The summed E-state index contributed by atoms with van der Waals surface area (Å²) >= 11 is 1.49. The molecule has 1 aromatic heterocycles. The van der Waals surface area contributed by atoms with Crippen molar-refractivity contribution < 1.29 is 4.74 Å². The quantitative estimate of drug-likeness (QED) is 0.864. The Morgan fingerprint density at radius 3 is 2.87 bits per heavy atom. The first-order valence-corrected chi connectivity index (χ1v) is 5.41. The fraction of sp³-hybridized carbons (Fsp3) is 0.182. The summed E-state index contributed by atoms with van der Waals surface area (Å²) < 4.78 is 5.15. The van der Waals surface area contributed by atoms with Gasteiger partial charge in [0.2, 0.25) is 0 Å². The minimum absolute atomic E-state index is 0.595. The van der Waals surface area contributed by atoms with Gasteiger partial charge in [-0.1, -0.05) is 35.6 Å². The molecule has 4 heteroatoms. The Balaban J connectivity index is 2.42. The van der Waals surface area contributed by atoms with Crippen molar-refractivity contribution in [3.63, 3.8) is 0 Å². The molecule has 3 nitrogen and oxygen atoms in total. The Morgan fingerprint density at radius 1 is 1.40 bits per heavy atom. The van der Waals surface area contributed by atoms with Crippen molar-refractivity contribution in [1.82, 2.24) is 4.98 Å². The Hall–Kier alpha value is -1.39. The predicted octanol–water partition coefficient (Wildman–Crippen LogP) is 2.54. The molecule has 0 fully saturated rings. The maximum absolute atomic E-state index is 5.62. The van der Waals surface area contributed by atoms with E-state index in [2.05, 4.69) is 17.1 Å². The van der Waals surface area contributed by atoms with Gasteiger partial charge in [-0.3, -0.25) is 0 Å². The predicted molar refractivity (Wildman–Crippen MR) is 62.7 cm³/mol. The second-order valence-corrected chi connectivity index (χ2v) is 4.22. The average Bonchev–Trinajstić information content (AvgIpc) is 2.66. The van der Waals surface area contributed by atoms with Gasteiger partial charge in [0.1, 0.15) is 0 Å². The maximum Gasteiger partial charge on any atom is 0.180 e. The standard InChI is InChI=1S/C11H12N2OS/c1-14-7-8-4-2-3-5-9(8)10-6-13-11(12)15-10/h2-6H,7H2,1H3,(H2,12,13). The van der Waals surface area contributed by atoms with Crippen LogP contribution in [0.4, 0.5) is 5.13 Å². The van der Waals surface area contributed by atoms with Crippen LogP contribution in [0.2, 0.25) is 0 Å². The lowest BCUT2D eigenvalue weighted by molar-refractivity contribution is 0.185. The molecule has 1 heterocycles. The van der Waals surface area contributed by atoms with E-state index in [1.54, 1.807) is 13.3 Å². The number of anilines is 1. The summed E-state index contributed by atoms with van der Waals surface area (Å²) in [6.07, 6.45) is 1.80. The molecule has 0 amide bonds. The number of methoxy groups -OCH3 is 1. The molecule has 0 radical (unpaired) electrons. The molecular formula is C11H12N2OS. The van der Waals surface area contributed by atoms with Gasteiger partial charge in [-0.05, 0) is 11.1 Å². The summed E-state index contributed by atoms with van der Waals surface area (Å²) in [5.74, 6) is 0. The molecule has 0 aliphatic carbocycles. The largest absolute Gasteiger partial charge is 0.380 e. The van der Waals surface area contributed by atoms with Crippen LogP contribution in [0.1, 0.15) is 5.56 Å². The van der Waals surface area contributed by atoms with Gasteiger partial charge in [0, 0.05) is 13.3 Å². The number of ether oxygens (including phenoxy) is 1. The second kappa shape index (κ2) is 4.42. The number of hydrogen-bond donors (Lipinski definition) is 1. The number of hydrogen-bond acceptors (Lipinski definition) is 4. The second-order valence-electron chi connectivity index (χ2n) is 3.15.